The van der Waals surface area contributed by atoms with Gasteiger partial charge in [-0.15, -0.1) is 0 Å². The van der Waals surface area contributed by atoms with E-state index in [0.717, 1.165) is 29.3 Å². The smallest absolute Gasteiger partial charge is 0.268 e. The lowest BCUT2D eigenvalue weighted by atomic mass is 9.99. The van der Waals surface area contributed by atoms with Gasteiger partial charge in [0.2, 0.25) is 0 Å². The first-order valence-electron chi connectivity index (χ1n) is 9.47. The summed E-state index contributed by atoms with van der Waals surface area (Å²) in [6.45, 7) is 2.24. The molecule has 0 bridgehead atoms. The highest BCUT2D eigenvalue weighted by molar-refractivity contribution is 7.90. The molecule has 142 valence electrons. The van der Waals surface area contributed by atoms with Gasteiger partial charge in [-0.05, 0) is 56.6 Å². The third kappa shape index (κ3) is 2.89. The van der Waals surface area contributed by atoms with Gasteiger partial charge >= 0.3 is 0 Å². The lowest BCUT2D eigenvalue weighted by molar-refractivity contribution is 0.246. The number of rotatable bonds is 6. The molecule has 1 aliphatic rings. The fraction of sp³-hybridized carbons (Fsp3) is 0.364. The number of likely N-dealkylation sites (N-methyl/N-ethyl adjacent to an activating group) is 1. The van der Waals surface area contributed by atoms with Gasteiger partial charge in [-0.3, -0.25) is 0 Å². The molecule has 0 spiro atoms. The minimum atomic E-state index is -3.62. The Bertz CT molecular complexity index is 1070. The van der Waals surface area contributed by atoms with Crippen molar-refractivity contribution >= 4 is 20.9 Å². The van der Waals surface area contributed by atoms with Crippen LogP contribution in [0.4, 0.5) is 0 Å². The summed E-state index contributed by atoms with van der Waals surface area (Å²) >= 11 is 0. The first kappa shape index (κ1) is 18.3. The number of benzene rings is 2. The molecule has 0 N–H and O–H groups in total. The Morgan fingerprint density at radius 2 is 1.74 bits per heavy atom. The molecule has 1 saturated carbocycles. The van der Waals surface area contributed by atoms with E-state index in [1.165, 1.54) is 10.4 Å². The molecule has 2 aromatic carbocycles. The Labute approximate surface area is 161 Å². The zero-order valence-corrected chi connectivity index (χ0v) is 16.9. The van der Waals surface area contributed by atoms with Crippen LogP contribution in [0, 0.1) is 5.92 Å². The summed E-state index contributed by atoms with van der Waals surface area (Å²) in [6.07, 6.45) is 5.03. The molecule has 5 heteroatoms. The van der Waals surface area contributed by atoms with Gasteiger partial charge in [0.05, 0.1) is 10.4 Å². The van der Waals surface area contributed by atoms with Gasteiger partial charge < -0.3 is 4.90 Å². The SMILES string of the molecule is CCC1CC1(Cc1cn(S(=O)(=O)c2ccccc2)c2ccccc12)N(C)C. The predicted molar refractivity (Wildman–Crippen MR) is 109 cm³/mol. The monoisotopic (exact) mass is 382 g/mol. The number of hydrogen-bond donors (Lipinski definition) is 0. The quantitative estimate of drug-likeness (QED) is 0.643. The molecule has 2 atom stereocenters. The highest BCUT2D eigenvalue weighted by Crippen LogP contribution is 2.52. The van der Waals surface area contributed by atoms with Crippen molar-refractivity contribution in [1.82, 2.24) is 8.87 Å². The molecule has 1 heterocycles. The topological polar surface area (TPSA) is 42.3 Å². The number of aromatic nitrogens is 1. The van der Waals surface area contributed by atoms with Gasteiger partial charge in [0, 0.05) is 17.1 Å². The molecule has 27 heavy (non-hydrogen) atoms. The van der Waals surface area contributed by atoms with Crippen molar-refractivity contribution in [1.29, 1.82) is 0 Å². The second-order valence-electron chi connectivity index (χ2n) is 7.77. The minimum absolute atomic E-state index is 0.139. The Morgan fingerprint density at radius 1 is 1.07 bits per heavy atom. The predicted octanol–water partition coefficient (Wildman–Crippen LogP) is 4.15. The second kappa shape index (κ2) is 6.50. The van der Waals surface area contributed by atoms with E-state index in [9.17, 15) is 8.42 Å². The summed E-state index contributed by atoms with van der Waals surface area (Å²) in [4.78, 5) is 2.64. The van der Waals surface area contributed by atoms with E-state index < -0.39 is 10.0 Å². The Balaban J connectivity index is 1.84. The van der Waals surface area contributed by atoms with Crippen molar-refractivity contribution in [3.05, 3.63) is 66.4 Å². The summed E-state index contributed by atoms with van der Waals surface area (Å²) in [5, 5.41) is 1.03. The van der Waals surface area contributed by atoms with Crippen molar-refractivity contribution < 1.29 is 8.42 Å². The van der Waals surface area contributed by atoms with E-state index in [0.29, 0.717) is 10.8 Å². The van der Waals surface area contributed by atoms with E-state index in [1.54, 1.807) is 24.3 Å². The average molecular weight is 383 g/mol. The summed E-state index contributed by atoms with van der Waals surface area (Å²) in [7, 11) is 0.653. The van der Waals surface area contributed by atoms with Gasteiger partial charge in [-0.25, -0.2) is 12.4 Å². The lowest BCUT2D eigenvalue weighted by Crippen LogP contribution is -2.34. The van der Waals surface area contributed by atoms with Crippen molar-refractivity contribution in [2.24, 2.45) is 5.92 Å². The molecule has 4 rings (SSSR count). The number of hydrogen-bond acceptors (Lipinski definition) is 3. The average Bonchev–Trinajstić information content (AvgIpc) is 3.28. The van der Waals surface area contributed by atoms with Crippen molar-refractivity contribution in [3.8, 4) is 0 Å². The van der Waals surface area contributed by atoms with Crippen LogP contribution in [0.5, 0.6) is 0 Å². The maximum Gasteiger partial charge on any atom is 0.268 e. The molecule has 3 aromatic rings. The number of nitrogens with zero attached hydrogens (tertiary/aromatic N) is 2. The zero-order valence-electron chi connectivity index (χ0n) is 16.1. The summed E-state index contributed by atoms with van der Waals surface area (Å²) in [5.41, 5.74) is 1.99. The summed E-state index contributed by atoms with van der Waals surface area (Å²) in [6, 6.07) is 16.5. The van der Waals surface area contributed by atoms with Crippen molar-refractivity contribution in [3.63, 3.8) is 0 Å². The Morgan fingerprint density at radius 3 is 2.37 bits per heavy atom. The van der Waals surface area contributed by atoms with Crippen LogP contribution >= 0.6 is 0 Å². The molecule has 1 fully saturated rings. The molecule has 0 aliphatic heterocycles. The standard InChI is InChI=1S/C22H26N2O2S/c1-4-18-15-22(18,23(2)3)14-17-16-24(21-13-9-8-12-20(17)21)27(25,26)19-10-6-5-7-11-19/h5-13,16,18H,4,14-15H2,1-3H3. The fourth-order valence-electron chi connectivity index (χ4n) is 4.41. The normalized spacial score (nSPS) is 22.4. The van der Waals surface area contributed by atoms with Gasteiger partial charge in [-0.2, -0.15) is 0 Å². The van der Waals surface area contributed by atoms with Crippen LogP contribution in [0.25, 0.3) is 10.9 Å². The van der Waals surface area contributed by atoms with Crippen LogP contribution in [0.3, 0.4) is 0 Å². The molecule has 1 aliphatic carbocycles. The van der Waals surface area contributed by atoms with E-state index in [1.807, 2.05) is 36.5 Å². The van der Waals surface area contributed by atoms with Gasteiger partial charge in [0.15, 0.2) is 0 Å². The molecule has 0 saturated heterocycles. The van der Waals surface area contributed by atoms with E-state index in [2.05, 4.69) is 25.9 Å². The maximum absolute atomic E-state index is 13.2. The van der Waals surface area contributed by atoms with Crippen LogP contribution < -0.4 is 0 Å². The minimum Gasteiger partial charge on any atom is -0.303 e. The third-order valence-electron chi connectivity index (χ3n) is 6.14. The van der Waals surface area contributed by atoms with E-state index >= 15 is 0 Å². The number of fused-ring (bicyclic) bond motifs is 1. The maximum atomic E-state index is 13.2. The molecule has 4 nitrogen and oxygen atoms in total. The molecular formula is C22H26N2O2S. The Hall–Kier alpha value is -2.11. The van der Waals surface area contributed by atoms with Gasteiger partial charge in [0.25, 0.3) is 10.0 Å². The molecular weight excluding hydrogens is 356 g/mol. The van der Waals surface area contributed by atoms with Crippen LogP contribution in [0.1, 0.15) is 25.3 Å². The van der Waals surface area contributed by atoms with E-state index in [4.69, 9.17) is 0 Å². The molecule has 0 radical (unpaired) electrons. The molecule has 1 aromatic heterocycles. The Kier molecular flexibility index (Phi) is 4.40. The van der Waals surface area contributed by atoms with Crippen LogP contribution in [-0.2, 0) is 16.4 Å². The van der Waals surface area contributed by atoms with Crippen LogP contribution in [0.2, 0.25) is 0 Å². The lowest BCUT2D eigenvalue weighted by Gasteiger charge is -2.25. The van der Waals surface area contributed by atoms with Gasteiger partial charge in [-0.1, -0.05) is 49.7 Å². The first-order valence-corrected chi connectivity index (χ1v) is 10.9. The summed E-state index contributed by atoms with van der Waals surface area (Å²) in [5.74, 6) is 0.667. The highest BCUT2D eigenvalue weighted by Gasteiger charge is 2.54. The zero-order chi connectivity index (χ0) is 19.2. The van der Waals surface area contributed by atoms with Crippen molar-refractivity contribution in [2.75, 3.05) is 14.1 Å². The largest absolute Gasteiger partial charge is 0.303 e. The van der Waals surface area contributed by atoms with Gasteiger partial charge in [0.1, 0.15) is 0 Å². The highest BCUT2D eigenvalue weighted by atomic mass is 32.2. The van der Waals surface area contributed by atoms with E-state index in [-0.39, 0.29) is 5.54 Å². The first-order chi connectivity index (χ1) is 12.9. The second-order valence-corrected chi connectivity index (χ2v) is 9.58. The van der Waals surface area contributed by atoms with Crippen LogP contribution in [-0.4, -0.2) is 36.9 Å². The molecule has 2 unspecified atom stereocenters. The fourth-order valence-corrected chi connectivity index (χ4v) is 5.82. The van der Waals surface area contributed by atoms with Crippen LogP contribution in [0.15, 0.2) is 65.7 Å². The van der Waals surface area contributed by atoms with Crippen molar-refractivity contribution in [2.45, 2.75) is 36.6 Å². The summed E-state index contributed by atoms with van der Waals surface area (Å²) < 4.78 is 28.0. The third-order valence-corrected chi connectivity index (χ3v) is 7.83. The molecule has 0 amide bonds. The number of para-hydroxylation sites is 1.